The molecular formula is C24H15N3O. The third-order valence-electron chi connectivity index (χ3n) is 5.11. The van der Waals surface area contributed by atoms with E-state index in [4.69, 9.17) is 4.74 Å². The number of pyridine rings is 2. The second kappa shape index (κ2) is 5.79. The summed E-state index contributed by atoms with van der Waals surface area (Å²) in [5.41, 5.74) is 4.89. The van der Waals surface area contributed by atoms with Gasteiger partial charge in [0.1, 0.15) is 0 Å². The van der Waals surface area contributed by atoms with E-state index in [0.29, 0.717) is 0 Å². The van der Waals surface area contributed by atoms with E-state index in [-0.39, 0.29) is 0 Å². The maximum atomic E-state index is 6.16. The number of ether oxygens (including phenoxy) is 1. The van der Waals surface area contributed by atoms with Crippen LogP contribution in [0.5, 0.6) is 11.5 Å². The van der Waals surface area contributed by atoms with Gasteiger partial charge in [0.25, 0.3) is 0 Å². The van der Waals surface area contributed by atoms with Crippen LogP contribution in [0.25, 0.3) is 21.8 Å². The number of rotatable bonds is 1. The van der Waals surface area contributed by atoms with E-state index in [2.05, 4.69) is 45.2 Å². The Kier molecular flexibility index (Phi) is 3.14. The molecule has 1 aliphatic heterocycles. The number of fused-ring (bicyclic) bond motifs is 5. The van der Waals surface area contributed by atoms with Crippen molar-refractivity contribution in [3.63, 3.8) is 0 Å². The summed E-state index contributed by atoms with van der Waals surface area (Å²) in [6.45, 7) is 0. The summed E-state index contributed by atoms with van der Waals surface area (Å²) in [7, 11) is 0. The first-order valence-corrected chi connectivity index (χ1v) is 9.19. The Bertz CT molecular complexity index is 1320. The molecule has 28 heavy (non-hydrogen) atoms. The highest BCUT2D eigenvalue weighted by atomic mass is 16.5. The van der Waals surface area contributed by atoms with Crippen LogP contribution in [0.15, 0.2) is 91.3 Å². The van der Waals surface area contributed by atoms with Crippen molar-refractivity contribution in [2.24, 2.45) is 0 Å². The molecule has 0 saturated heterocycles. The van der Waals surface area contributed by atoms with Gasteiger partial charge >= 0.3 is 0 Å². The number of para-hydroxylation sites is 4. The molecule has 0 amide bonds. The summed E-state index contributed by atoms with van der Waals surface area (Å²) < 4.78 is 6.16. The SMILES string of the molecule is c1ccc2c(c1)Oc1ccccc1N2c1cc2cccnc2c2ncccc12. The van der Waals surface area contributed by atoms with E-state index in [1.165, 1.54) is 0 Å². The number of benzene rings is 3. The molecule has 0 spiro atoms. The standard InChI is InChI=1S/C24H15N3O/c1-3-11-21-18(9-1)27(19-10-2-4-12-22(19)28-21)20-15-16-7-5-13-25-23(16)24-17(20)8-6-14-26-24/h1-15H. The largest absolute Gasteiger partial charge is 0.453 e. The summed E-state index contributed by atoms with van der Waals surface area (Å²) in [6.07, 6.45) is 3.64. The fraction of sp³-hybridized carbons (Fsp3) is 0. The van der Waals surface area contributed by atoms with E-state index < -0.39 is 0 Å². The van der Waals surface area contributed by atoms with E-state index >= 15 is 0 Å². The molecule has 132 valence electrons. The zero-order valence-corrected chi connectivity index (χ0v) is 14.9. The van der Waals surface area contributed by atoms with Crippen molar-refractivity contribution in [1.82, 2.24) is 9.97 Å². The van der Waals surface area contributed by atoms with Crippen LogP contribution in [0.4, 0.5) is 17.1 Å². The van der Waals surface area contributed by atoms with E-state index in [9.17, 15) is 0 Å². The lowest BCUT2D eigenvalue weighted by atomic mass is 10.0. The Morgan fingerprint density at radius 3 is 2.00 bits per heavy atom. The maximum Gasteiger partial charge on any atom is 0.151 e. The minimum absolute atomic E-state index is 0.838. The van der Waals surface area contributed by atoms with Gasteiger partial charge in [0.05, 0.1) is 28.1 Å². The quantitative estimate of drug-likeness (QED) is 0.319. The van der Waals surface area contributed by atoms with Crippen molar-refractivity contribution in [3.8, 4) is 11.5 Å². The van der Waals surface area contributed by atoms with Gasteiger partial charge in [-0.3, -0.25) is 9.97 Å². The molecule has 0 radical (unpaired) electrons. The molecule has 2 aromatic heterocycles. The van der Waals surface area contributed by atoms with Gasteiger partial charge in [-0.2, -0.15) is 0 Å². The smallest absolute Gasteiger partial charge is 0.151 e. The summed E-state index contributed by atoms with van der Waals surface area (Å²) >= 11 is 0. The van der Waals surface area contributed by atoms with Gasteiger partial charge < -0.3 is 9.64 Å². The lowest BCUT2D eigenvalue weighted by Gasteiger charge is -2.33. The fourth-order valence-electron chi connectivity index (χ4n) is 3.91. The third-order valence-corrected chi connectivity index (χ3v) is 5.11. The van der Waals surface area contributed by atoms with Gasteiger partial charge in [0.15, 0.2) is 11.5 Å². The summed E-state index contributed by atoms with van der Waals surface area (Å²) in [4.78, 5) is 11.5. The Hall–Kier alpha value is -3.92. The third kappa shape index (κ3) is 2.12. The predicted molar refractivity (Wildman–Crippen MR) is 112 cm³/mol. The van der Waals surface area contributed by atoms with Crippen LogP contribution < -0.4 is 9.64 Å². The molecule has 1 aliphatic rings. The van der Waals surface area contributed by atoms with Crippen molar-refractivity contribution in [2.45, 2.75) is 0 Å². The van der Waals surface area contributed by atoms with Crippen LogP contribution >= 0.6 is 0 Å². The summed E-state index contributed by atoms with van der Waals surface area (Å²) in [5.74, 6) is 1.68. The molecule has 0 aliphatic carbocycles. The van der Waals surface area contributed by atoms with Crippen LogP contribution in [-0.4, -0.2) is 9.97 Å². The zero-order chi connectivity index (χ0) is 18.5. The van der Waals surface area contributed by atoms with Gasteiger partial charge in [0.2, 0.25) is 0 Å². The first kappa shape index (κ1) is 15.2. The van der Waals surface area contributed by atoms with Crippen LogP contribution in [0, 0.1) is 0 Å². The first-order chi connectivity index (χ1) is 13.9. The topological polar surface area (TPSA) is 38.2 Å². The average Bonchev–Trinajstić information content (AvgIpc) is 2.77. The average molecular weight is 361 g/mol. The predicted octanol–water partition coefficient (Wildman–Crippen LogP) is 6.36. The monoisotopic (exact) mass is 361 g/mol. The number of anilines is 3. The van der Waals surface area contributed by atoms with Crippen LogP contribution in [0.2, 0.25) is 0 Å². The lowest BCUT2D eigenvalue weighted by molar-refractivity contribution is 0.477. The van der Waals surface area contributed by atoms with Crippen LogP contribution in [0.1, 0.15) is 0 Å². The van der Waals surface area contributed by atoms with Crippen molar-refractivity contribution >= 4 is 38.9 Å². The molecule has 5 aromatic rings. The highest BCUT2D eigenvalue weighted by Gasteiger charge is 2.27. The molecule has 6 rings (SSSR count). The van der Waals surface area contributed by atoms with Crippen LogP contribution in [0.3, 0.4) is 0 Å². The summed E-state index contributed by atoms with van der Waals surface area (Å²) in [6, 6.07) is 26.5. The first-order valence-electron chi connectivity index (χ1n) is 9.19. The molecule has 4 heteroatoms. The molecule has 0 saturated carbocycles. The maximum absolute atomic E-state index is 6.16. The Balaban J connectivity index is 1.75. The van der Waals surface area contributed by atoms with E-state index in [0.717, 1.165) is 50.4 Å². The second-order valence-corrected chi connectivity index (χ2v) is 6.74. The highest BCUT2D eigenvalue weighted by molar-refractivity contribution is 6.11. The van der Waals surface area contributed by atoms with E-state index in [1.54, 1.807) is 0 Å². The van der Waals surface area contributed by atoms with Crippen molar-refractivity contribution in [3.05, 3.63) is 91.3 Å². The van der Waals surface area contributed by atoms with Crippen molar-refractivity contribution in [1.29, 1.82) is 0 Å². The molecule has 4 nitrogen and oxygen atoms in total. The van der Waals surface area contributed by atoms with Crippen molar-refractivity contribution < 1.29 is 4.74 Å². The fourth-order valence-corrected chi connectivity index (χ4v) is 3.91. The number of aromatic nitrogens is 2. The Morgan fingerprint density at radius 1 is 0.607 bits per heavy atom. The van der Waals surface area contributed by atoms with Gasteiger partial charge in [-0.05, 0) is 48.5 Å². The van der Waals surface area contributed by atoms with Gasteiger partial charge in [-0.15, -0.1) is 0 Å². The van der Waals surface area contributed by atoms with E-state index in [1.807, 2.05) is 60.9 Å². The number of nitrogens with zero attached hydrogens (tertiary/aromatic N) is 3. The second-order valence-electron chi connectivity index (χ2n) is 6.74. The number of hydrogen-bond acceptors (Lipinski definition) is 4. The Morgan fingerprint density at radius 2 is 1.25 bits per heavy atom. The summed E-state index contributed by atoms with van der Waals surface area (Å²) in [5, 5.41) is 2.12. The molecule has 0 atom stereocenters. The number of hydrogen-bond donors (Lipinski definition) is 0. The minimum atomic E-state index is 0.838. The molecule has 0 fully saturated rings. The molecule has 3 aromatic carbocycles. The molecule has 0 unspecified atom stereocenters. The zero-order valence-electron chi connectivity index (χ0n) is 14.9. The Labute approximate surface area is 161 Å². The van der Waals surface area contributed by atoms with Gasteiger partial charge in [-0.25, -0.2) is 0 Å². The molecular weight excluding hydrogens is 346 g/mol. The van der Waals surface area contributed by atoms with Gasteiger partial charge in [0, 0.05) is 23.2 Å². The lowest BCUT2D eigenvalue weighted by Crippen LogP contribution is -2.16. The van der Waals surface area contributed by atoms with Gasteiger partial charge in [-0.1, -0.05) is 30.3 Å². The van der Waals surface area contributed by atoms with Crippen molar-refractivity contribution in [2.75, 3.05) is 4.90 Å². The van der Waals surface area contributed by atoms with Crippen LogP contribution in [-0.2, 0) is 0 Å². The molecule has 3 heterocycles. The highest BCUT2D eigenvalue weighted by Crippen LogP contribution is 2.51. The minimum Gasteiger partial charge on any atom is -0.453 e. The molecule has 0 bridgehead atoms. The normalized spacial score (nSPS) is 12.5. The molecule has 0 N–H and O–H groups in total.